The molecule has 0 atom stereocenters. The van der Waals surface area contributed by atoms with Gasteiger partial charge in [-0.3, -0.25) is 9.59 Å². The van der Waals surface area contributed by atoms with Crippen LogP contribution in [0.4, 0.5) is 11.4 Å². The van der Waals surface area contributed by atoms with Crippen molar-refractivity contribution in [1.82, 2.24) is 0 Å². The van der Waals surface area contributed by atoms with Crippen LogP contribution >= 0.6 is 11.3 Å². The van der Waals surface area contributed by atoms with E-state index in [1.165, 1.54) is 5.56 Å². The van der Waals surface area contributed by atoms with Crippen molar-refractivity contribution in [2.45, 2.75) is 33.1 Å². The number of carbonyl (C=O) groups excluding carboxylic acids is 2. The van der Waals surface area contributed by atoms with Crippen LogP contribution in [0.2, 0.25) is 0 Å². The highest BCUT2D eigenvalue weighted by Gasteiger charge is 2.07. The largest absolute Gasteiger partial charge is 0.326 e. The Morgan fingerprint density at radius 2 is 1.95 bits per heavy atom. The molecule has 0 aliphatic rings. The lowest BCUT2D eigenvalue weighted by atomic mass is 10.1. The van der Waals surface area contributed by atoms with Crippen molar-refractivity contribution in [2.75, 3.05) is 10.6 Å². The predicted octanol–water partition coefficient (Wildman–Crippen LogP) is 3.98. The molecule has 1 aromatic carbocycles. The van der Waals surface area contributed by atoms with E-state index in [1.807, 2.05) is 30.5 Å². The monoisotopic (exact) mass is 316 g/mol. The summed E-state index contributed by atoms with van der Waals surface area (Å²) in [6.07, 6.45) is 1.61. The summed E-state index contributed by atoms with van der Waals surface area (Å²) in [7, 11) is 0. The van der Waals surface area contributed by atoms with Gasteiger partial charge in [0, 0.05) is 24.2 Å². The Bertz CT molecular complexity index is 651. The van der Waals surface area contributed by atoms with Gasteiger partial charge in [0.25, 0.3) is 0 Å². The van der Waals surface area contributed by atoms with Crippen LogP contribution in [0.15, 0.2) is 35.0 Å². The first-order chi connectivity index (χ1) is 10.6. The highest BCUT2D eigenvalue weighted by molar-refractivity contribution is 7.07. The van der Waals surface area contributed by atoms with Crippen LogP contribution < -0.4 is 10.6 Å². The summed E-state index contributed by atoms with van der Waals surface area (Å²) < 4.78 is 0. The van der Waals surface area contributed by atoms with Crippen LogP contribution in [0.5, 0.6) is 0 Å². The molecule has 0 radical (unpaired) electrons. The van der Waals surface area contributed by atoms with Crippen molar-refractivity contribution in [3.63, 3.8) is 0 Å². The lowest BCUT2D eigenvalue weighted by Gasteiger charge is -2.11. The first-order valence-electron chi connectivity index (χ1n) is 7.30. The summed E-state index contributed by atoms with van der Waals surface area (Å²) in [6.45, 7) is 3.73. The maximum atomic E-state index is 12.1. The zero-order chi connectivity index (χ0) is 15.9. The molecule has 2 N–H and O–H groups in total. The molecule has 116 valence electrons. The Kier molecular flexibility index (Phi) is 5.72. The van der Waals surface area contributed by atoms with Crippen molar-refractivity contribution < 1.29 is 9.59 Å². The number of aryl methyl sites for hydroxylation is 2. The van der Waals surface area contributed by atoms with E-state index in [9.17, 15) is 9.59 Å². The van der Waals surface area contributed by atoms with E-state index >= 15 is 0 Å². The van der Waals surface area contributed by atoms with Gasteiger partial charge in [0.15, 0.2) is 0 Å². The fourth-order valence-corrected chi connectivity index (χ4v) is 2.69. The number of thiophene rings is 1. The molecule has 0 aliphatic heterocycles. The second-order valence-electron chi connectivity index (χ2n) is 5.11. The Morgan fingerprint density at radius 3 is 2.64 bits per heavy atom. The fourth-order valence-electron chi connectivity index (χ4n) is 1.99. The molecule has 1 aromatic heterocycles. The summed E-state index contributed by atoms with van der Waals surface area (Å²) in [5.41, 5.74) is 3.59. The molecule has 0 aliphatic carbocycles. The first kappa shape index (κ1) is 16.2. The molecule has 2 amide bonds. The number of anilines is 2. The van der Waals surface area contributed by atoms with Crippen molar-refractivity contribution in [2.24, 2.45) is 0 Å². The normalized spacial score (nSPS) is 10.3. The van der Waals surface area contributed by atoms with Crippen LogP contribution in [0, 0.1) is 6.92 Å². The Morgan fingerprint density at radius 1 is 1.14 bits per heavy atom. The van der Waals surface area contributed by atoms with E-state index in [-0.39, 0.29) is 11.8 Å². The molecule has 0 fully saturated rings. The van der Waals surface area contributed by atoms with Crippen LogP contribution in [0.3, 0.4) is 0 Å². The minimum Gasteiger partial charge on any atom is -0.326 e. The van der Waals surface area contributed by atoms with Gasteiger partial charge < -0.3 is 10.6 Å². The van der Waals surface area contributed by atoms with Gasteiger partial charge in [-0.1, -0.05) is 13.0 Å². The zero-order valence-corrected chi connectivity index (χ0v) is 13.6. The van der Waals surface area contributed by atoms with E-state index in [1.54, 1.807) is 24.3 Å². The topological polar surface area (TPSA) is 58.2 Å². The molecule has 0 saturated heterocycles. The van der Waals surface area contributed by atoms with Crippen LogP contribution in [0.1, 0.15) is 30.9 Å². The Hall–Kier alpha value is -2.14. The molecule has 4 nitrogen and oxygen atoms in total. The molecular formula is C17H20N2O2S. The van der Waals surface area contributed by atoms with Crippen LogP contribution in [-0.4, -0.2) is 11.8 Å². The van der Waals surface area contributed by atoms with Gasteiger partial charge in [0.1, 0.15) is 0 Å². The van der Waals surface area contributed by atoms with Gasteiger partial charge in [-0.05, 0) is 53.4 Å². The quantitative estimate of drug-likeness (QED) is 0.847. The third-order valence-electron chi connectivity index (χ3n) is 3.34. The highest BCUT2D eigenvalue weighted by Crippen LogP contribution is 2.21. The van der Waals surface area contributed by atoms with Crippen molar-refractivity contribution in [3.05, 3.63) is 46.2 Å². The highest BCUT2D eigenvalue weighted by atomic mass is 32.1. The van der Waals surface area contributed by atoms with Crippen molar-refractivity contribution >= 4 is 34.5 Å². The summed E-state index contributed by atoms with van der Waals surface area (Å²) in [4.78, 5) is 23.5. The van der Waals surface area contributed by atoms with Gasteiger partial charge in [0.2, 0.25) is 11.8 Å². The lowest BCUT2D eigenvalue weighted by Crippen LogP contribution is -2.14. The number of hydrogen-bond donors (Lipinski definition) is 2. The average Bonchev–Trinajstić information content (AvgIpc) is 3.02. The number of nitrogens with one attached hydrogen (secondary N) is 2. The van der Waals surface area contributed by atoms with Gasteiger partial charge in [-0.2, -0.15) is 11.3 Å². The molecule has 0 spiro atoms. The van der Waals surface area contributed by atoms with Crippen molar-refractivity contribution in [1.29, 1.82) is 0 Å². The molecule has 2 rings (SSSR count). The predicted molar refractivity (Wildman–Crippen MR) is 91.4 cm³/mol. The maximum Gasteiger partial charge on any atom is 0.224 e. The number of amides is 2. The smallest absolute Gasteiger partial charge is 0.224 e. The molecule has 22 heavy (non-hydrogen) atoms. The third-order valence-corrected chi connectivity index (χ3v) is 4.07. The van der Waals surface area contributed by atoms with E-state index < -0.39 is 0 Å². The zero-order valence-electron chi connectivity index (χ0n) is 12.8. The Labute approximate surface area is 134 Å². The molecule has 5 heteroatoms. The Balaban J connectivity index is 1.97. The summed E-state index contributed by atoms with van der Waals surface area (Å²) in [6, 6.07) is 7.55. The molecular weight excluding hydrogens is 296 g/mol. The van der Waals surface area contributed by atoms with E-state index in [0.29, 0.717) is 18.5 Å². The van der Waals surface area contributed by atoms with Gasteiger partial charge in [0.05, 0.1) is 0 Å². The average molecular weight is 316 g/mol. The van der Waals surface area contributed by atoms with Gasteiger partial charge in [-0.25, -0.2) is 0 Å². The second kappa shape index (κ2) is 7.75. The standard InChI is InChI=1S/C17H20N2O2S/c1-3-16(20)18-14-6-4-12(2)15(10-14)19-17(21)7-5-13-8-9-22-11-13/h4,6,8-11H,3,5,7H2,1-2H3,(H,18,20)(H,19,21). The summed E-state index contributed by atoms with van der Waals surface area (Å²) >= 11 is 1.64. The SMILES string of the molecule is CCC(=O)Nc1ccc(C)c(NC(=O)CCc2ccsc2)c1. The number of hydrogen-bond acceptors (Lipinski definition) is 3. The second-order valence-corrected chi connectivity index (χ2v) is 5.89. The summed E-state index contributed by atoms with van der Waals surface area (Å²) in [5, 5.41) is 9.78. The van der Waals surface area contributed by atoms with Crippen LogP contribution in [-0.2, 0) is 16.0 Å². The molecule has 0 bridgehead atoms. The molecule has 1 heterocycles. The van der Waals surface area contributed by atoms with E-state index in [0.717, 1.165) is 17.7 Å². The first-order valence-corrected chi connectivity index (χ1v) is 8.24. The number of rotatable bonds is 6. The van der Waals surface area contributed by atoms with Crippen LogP contribution in [0.25, 0.3) is 0 Å². The van der Waals surface area contributed by atoms with Gasteiger partial charge in [-0.15, -0.1) is 0 Å². The fraction of sp³-hybridized carbons (Fsp3) is 0.294. The van der Waals surface area contributed by atoms with E-state index in [4.69, 9.17) is 0 Å². The number of carbonyl (C=O) groups is 2. The third kappa shape index (κ3) is 4.70. The minimum atomic E-state index is -0.0430. The van der Waals surface area contributed by atoms with Gasteiger partial charge >= 0.3 is 0 Å². The number of benzene rings is 1. The molecule has 2 aromatic rings. The lowest BCUT2D eigenvalue weighted by molar-refractivity contribution is -0.116. The van der Waals surface area contributed by atoms with E-state index in [2.05, 4.69) is 16.0 Å². The van der Waals surface area contributed by atoms with Crippen molar-refractivity contribution in [3.8, 4) is 0 Å². The molecule has 0 unspecified atom stereocenters. The summed E-state index contributed by atoms with van der Waals surface area (Å²) in [5.74, 6) is -0.0631. The maximum absolute atomic E-state index is 12.1. The minimum absolute atomic E-state index is 0.0201. The molecule has 0 saturated carbocycles.